The smallest absolute Gasteiger partial charge is 0.261 e. The summed E-state index contributed by atoms with van der Waals surface area (Å²) >= 11 is 0. The van der Waals surface area contributed by atoms with Crippen LogP contribution in [0.25, 0.3) is 0 Å². The van der Waals surface area contributed by atoms with E-state index in [1.54, 1.807) is 7.05 Å². The molecule has 9 nitrogen and oxygen atoms in total. The van der Waals surface area contributed by atoms with Crippen LogP contribution in [0.1, 0.15) is 25.5 Å². The van der Waals surface area contributed by atoms with Crippen LogP contribution in [0.2, 0.25) is 0 Å². The molecular weight excluding hydrogens is 382 g/mol. The highest BCUT2D eigenvalue weighted by atomic mass is 32.2. The molecule has 0 spiro atoms. The van der Waals surface area contributed by atoms with Crippen LogP contribution in [0.4, 0.5) is 4.79 Å². The lowest BCUT2D eigenvalue weighted by Gasteiger charge is -2.26. The Balaban J connectivity index is 1.66. The number of imide groups is 1. The van der Waals surface area contributed by atoms with E-state index in [2.05, 4.69) is 14.7 Å². The molecule has 28 heavy (non-hydrogen) atoms. The van der Waals surface area contributed by atoms with Gasteiger partial charge in [-0.05, 0) is 38.0 Å². The number of hydrogen-bond acceptors (Lipinski definition) is 6. The number of nitrogens with zero attached hydrogens (tertiary/aromatic N) is 4. The molecule has 1 unspecified atom stereocenters. The summed E-state index contributed by atoms with van der Waals surface area (Å²) in [6.07, 6.45) is 10.4. The standard InChI is InChI=1S/C18H20N5O4S/c1-18(5-6-18)21-28(26,27)13-3-4-15-14(9-13)16(24)23(17(25)22(15)2)11-12-10-19-7-8-20-12/h3-4,7-10,14,21H,5-6,11H2,1-2H3/q+1. The molecule has 0 aromatic carbocycles. The van der Waals surface area contributed by atoms with Crippen molar-refractivity contribution >= 4 is 27.7 Å². The van der Waals surface area contributed by atoms with E-state index in [0.29, 0.717) is 11.4 Å². The van der Waals surface area contributed by atoms with Crippen LogP contribution >= 0.6 is 0 Å². The number of carbonyl (C=O) groups is 2. The van der Waals surface area contributed by atoms with Crippen molar-refractivity contribution in [1.82, 2.24) is 19.6 Å². The zero-order chi connectivity index (χ0) is 20.1. The summed E-state index contributed by atoms with van der Waals surface area (Å²) in [5, 5.41) is 0. The van der Waals surface area contributed by atoms with Crippen molar-refractivity contribution in [2.75, 3.05) is 7.05 Å². The maximum absolute atomic E-state index is 13.0. The minimum Gasteiger partial charge on any atom is -0.261 e. The SMILES string of the molecule is C[N+]1=C2C=CC(S(=O)(=O)NC3(C)CC3)=CC2C(=O)N(Cc2cnccn2)C1=O. The highest BCUT2D eigenvalue weighted by Crippen LogP contribution is 2.36. The van der Waals surface area contributed by atoms with Crippen LogP contribution in [-0.2, 0) is 21.4 Å². The van der Waals surface area contributed by atoms with Gasteiger partial charge in [0.05, 0.1) is 18.1 Å². The fourth-order valence-electron chi connectivity index (χ4n) is 3.22. The van der Waals surface area contributed by atoms with Crippen LogP contribution in [0.5, 0.6) is 0 Å². The number of allylic oxidation sites excluding steroid dienone is 2. The monoisotopic (exact) mass is 402 g/mol. The molecule has 1 saturated carbocycles. The van der Waals surface area contributed by atoms with Gasteiger partial charge in [-0.25, -0.2) is 17.9 Å². The Bertz CT molecular complexity index is 1050. The van der Waals surface area contributed by atoms with Crippen molar-refractivity contribution in [2.24, 2.45) is 5.92 Å². The molecular formula is C18H20N5O4S+. The van der Waals surface area contributed by atoms with Crippen molar-refractivity contribution in [3.63, 3.8) is 0 Å². The lowest BCUT2D eigenvalue weighted by Crippen LogP contribution is -2.53. The first-order valence-corrected chi connectivity index (χ1v) is 10.3. The van der Waals surface area contributed by atoms with Crippen LogP contribution in [0.3, 0.4) is 0 Å². The third-order valence-electron chi connectivity index (χ3n) is 5.13. The molecule has 1 N–H and O–H groups in total. The molecule has 3 amide bonds. The van der Waals surface area contributed by atoms with E-state index in [1.165, 1.54) is 41.4 Å². The van der Waals surface area contributed by atoms with Gasteiger partial charge in [0.1, 0.15) is 23.9 Å². The number of fused-ring (bicyclic) bond motifs is 1. The summed E-state index contributed by atoms with van der Waals surface area (Å²) in [5.41, 5.74) is 0.494. The van der Waals surface area contributed by atoms with Gasteiger partial charge in [-0.3, -0.25) is 9.97 Å². The zero-order valence-corrected chi connectivity index (χ0v) is 16.3. The quantitative estimate of drug-likeness (QED) is 0.721. The largest absolute Gasteiger partial charge is 0.501 e. The van der Waals surface area contributed by atoms with Crippen molar-refractivity contribution in [3.8, 4) is 0 Å². The minimum atomic E-state index is -3.75. The molecule has 1 aliphatic heterocycles. The number of carbonyl (C=O) groups excluding carboxylic acids is 2. The Kier molecular flexibility index (Phi) is 4.27. The highest BCUT2D eigenvalue weighted by Gasteiger charge is 2.48. The molecule has 1 atom stereocenters. The Morgan fingerprint density at radius 3 is 2.68 bits per heavy atom. The number of nitrogens with one attached hydrogen (secondary N) is 1. The van der Waals surface area contributed by atoms with E-state index < -0.39 is 33.4 Å². The summed E-state index contributed by atoms with van der Waals surface area (Å²) in [7, 11) is -2.19. The maximum Gasteiger partial charge on any atom is 0.501 e. The van der Waals surface area contributed by atoms with Crippen LogP contribution in [0, 0.1) is 5.92 Å². The van der Waals surface area contributed by atoms with Gasteiger partial charge in [-0.1, -0.05) is 0 Å². The molecule has 4 rings (SSSR count). The van der Waals surface area contributed by atoms with Crippen LogP contribution in [-0.4, -0.2) is 58.1 Å². The van der Waals surface area contributed by atoms with E-state index in [-0.39, 0.29) is 11.4 Å². The normalized spacial score (nSPS) is 23.6. The predicted molar refractivity (Wildman–Crippen MR) is 99.6 cm³/mol. The van der Waals surface area contributed by atoms with Crippen molar-refractivity contribution in [3.05, 3.63) is 47.4 Å². The Labute approximate surface area is 162 Å². The van der Waals surface area contributed by atoms with Crippen molar-refractivity contribution < 1.29 is 22.6 Å². The van der Waals surface area contributed by atoms with E-state index >= 15 is 0 Å². The van der Waals surface area contributed by atoms with Gasteiger partial charge in [0.25, 0.3) is 0 Å². The Morgan fingerprint density at radius 2 is 2.04 bits per heavy atom. The summed E-state index contributed by atoms with van der Waals surface area (Å²) in [5.74, 6) is -1.35. The highest BCUT2D eigenvalue weighted by molar-refractivity contribution is 7.93. The van der Waals surface area contributed by atoms with Gasteiger partial charge in [0.15, 0.2) is 0 Å². The van der Waals surface area contributed by atoms with E-state index in [4.69, 9.17) is 0 Å². The van der Waals surface area contributed by atoms with Gasteiger partial charge < -0.3 is 0 Å². The van der Waals surface area contributed by atoms with Gasteiger partial charge in [-0.15, -0.1) is 0 Å². The van der Waals surface area contributed by atoms with Gasteiger partial charge in [-0.2, -0.15) is 14.3 Å². The minimum absolute atomic E-state index is 0.0322. The zero-order valence-electron chi connectivity index (χ0n) is 15.5. The number of sulfonamides is 1. The number of hydrogen-bond donors (Lipinski definition) is 1. The fraction of sp³-hybridized carbons (Fsp3) is 0.389. The fourth-order valence-corrected chi connectivity index (χ4v) is 4.75. The first-order valence-electron chi connectivity index (χ1n) is 8.85. The van der Waals surface area contributed by atoms with Gasteiger partial charge >= 0.3 is 11.9 Å². The lowest BCUT2D eigenvalue weighted by atomic mass is 9.94. The van der Waals surface area contributed by atoms with Crippen LogP contribution in [0.15, 0.2) is 41.7 Å². The van der Waals surface area contributed by atoms with Gasteiger partial charge in [0, 0.05) is 17.9 Å². The first-order chi connectivity index (χ1) is 13.2. The third kappa shape index (κ3) is 3.29. The number of urea groups is 1. The third-order valence-corrected chi connectivity index (χ3v) is 6.79. The van der Waals surface area contributed by atoms with E-state index in [1.807, 2.05) is 6.92 Å². The first kappa shape index (κ1) is 18.6. The summed E-state index contributed by atoms with van der Waals surface area (Å²) in [4.78, 5) is 34.8. The Hall–Kier alpha value is -2.72. The average molecular weight is 402 g/mol. The lowest BCUT2D eigenvalue weighted by molar-refractivity contribution is -0.406. The van der Waals surface area contributed by atoms with Crippen molar-refractivity contribution in [2.45, 2.75) is 31.8 Å². The second-order valence-corrected chi connectivity index (χ2v) is 9.12. The molecule has 0 saturated heterocycles. The van der Waals surface area contributed by atoms with Gasteiger partial charge in [0.2, 0.25) is 10.0 Å². The molecule has 2 aliphatic carbocycles. The molecule has 2 heterocycles. The van der Waals surface area contributed by atoms with Crippen molar-refractivity contribution in [1.29, 1.82) is 0 Å². The second kappa shape index (κ2) is 6.42. The predicted octanol–water partition coefficient (Wildman–Crippen LogP) is 0.564. The molecule has 146 valence electrons. The number of aromatic nitrogens is 2. The molecule has 0 bridgehead atoms. The molecule has 1 aromatic heterocycles. The number of amides is 3. The average Bonchev–Trinajstić information content (AvgIpc) is 3.39. The summed E-state index contributed by atoms with van der Waals surface area (Å²) in [6, 6.07) is -0.491. The molecule has 0 radical (unpaired) electrons. The topological polar surface area (TPSA) is 112 Å². The molecule has 1 fully saturated rings. The Morgan fingerprint density at radius 1 is 1.29 bits per heavy atom. The maximum atomic E-state index is 13.0. The molecule has 1 aromatic rings. The molecule has 3 aliphatic rings. The van der Waals surface area contributed by atoms with E-state index in [9.17, 15) is 18.0 Å². The number of rotatable bonds is 5. The molecule has 10 heteroatoms. The van der Waals surface area contributed by atoms with Crippen LogP contribution < -0.4 is 4.72 Å². The summed E-state index contributed by atoms with van der Waals surface area (Å²) < 4.78 is 29.4. The second-order valence-electron chi connectivity index (χ2n) is 7.43. The summed E-state index contributed by atoms with van der Waals surface area (Å²) in [6.45, 7) is 1.81. The van der Waals surface area contributed by atoms with E-state index in [0.717, 1.165) is 17.7 Å².